The first kappa shape index (κ1) is 19.1. The van der Waals surface area contributed by atoms with Gasteiger partial charge in [-0.3, -0.25) is 9.59 Å². The fraction of sp³-hybridized carbons (Fsp3) is 0.882. The molecule has 118 valence electrons. The number of hydrogen-bond donors (Lipinski definition) is 0. The zero-order valence-corrected chi connectivity index (χ0v) is 13.6. The summed E-state index contributed by atoms with van der Waals surface area (Å²) in [5.41, 5.74) is 0. The lowest BCUT2D eigenvalue weighted by Crippen LogP contribution is -2.13. The van der Waals surface area contributed by atoms with Crippen molar-refractivity contribution in [2.24, 2.45) is 5.92 Å². The van der Waals surface area contributed by atoms with Gasteiger partial charge >= 0.3 is 11.9 Å². The molecule has 0 heterocycles. The number of rotatable bonds is 12. The predicted octanol–water partition coefficient (Wildman–Crippen LogP) is 5.02. The van der Waals surface area contributed by atoms with Crippen LogP contribution in [0.2, 0.25) is 0 Å². The molecule has 0 aromatic carbocycles. The number of ether oxygens (including phenoxy) is 1. The molecule has 0 amide bonds. The Hall–Kier alpha value is -0.860. The van der Waals surface area contributed by atoms with Gasteiger partial charge in [0.15, 0.2) is 0 Å². The van der Waals surface area contributed by atoms with Crippen LogP contribution < -0.4 is 0 Å². The normalized spacial score (nSPS) is 10.8. The molecular formula is C17H32O3. The monoisotopic (exact) mass is 284 g/mol. The zero-order chi connectivity index (χ0) is 15.2. The van der Waals surface area contributed by atoms with Gasteiger partial charge in [-0.25, -0.2) is 0 Å². The second-order valence-corrected chi connectivity index (χ2v) is 6.02. The van der Waals surface area contributed by atoms with Crippen LogP contribution >= 0.6 is 0 Å². The Morgan fingerprint density at radius 3 is 1.80 bits per heavy atom. The molecule has 0 rings (SSSR count). The first-order valence-electron chi connectivity index (χ1n) is 8.29. The van der Waals surface area contributed by atoms with Crippen molar-refractivity contribution in [2.75, 3.05) is 0 Å². The van der Waals surface area contributed by atoms with E-state index in [1.54, 1.807) is 0 Å². The van der Waals surface area contributed by atoms with Gasteiger partial charge in [0, 0.05) is 12.8 Å². The van der Waals surface area contributed by atoms with E-state index in [0.717, 1.165) is 12.8 Å². The Labute approximate surface area is 124 Å². The van der Waals surface area contributed by atoms with Crippen LogP contribution in [-0.4, -0.2) is 11.9 Å². The van der Waals surface area contributed by atoms with Gasteiger partial charge in [-0.1, -0.05) is 72.1 Å². The summed E-state index contributed by atoms with van der Waals surface area (Å²) in [6.07, 6.45) is 11.6. The van der Waals surface area contributed by atoms with Crippen LogP contribution in [0.1, 0.15) is 91.4 Å². The van der Waals surface area contributed by atoms with Crippen molar-refractivity contribution >= 4 is 11.9 Å². The maximum Gasteiger partial charge on any atom is 0.313 e. The predicted molar refractivity (Wildman–Crippen MR) is 82.4 cm³/mol. The molecule has 0 atom stereocenters. The number of unbranched alkanes of at least 4 members (excludes halogenated alkanes) is 8. The van der Waals surface area contributed by atoms with Gasteiger partial charge in [-0.2, -0.15) is 0 Å². The summed E-state index contributed by atoms with van der Waals surface area (Å²) in [5.74, 6) is -0.512. The third kappa shape index (κ3) is 13.6. The maximum atomic E-state index is 11.4. The molecule has 0 aliphatic heterocycles. The van der Waals surface area contributed by atoms with Crippen LogP contribution in [0.4, 0.5) is 0 Å². The van der Waals surface area contributed by atoms with Crippen molar-refractivity contribution in [3.63, 3.8) is 0 Å². The van der Waals surface area contributed by atoms with Crippen LogP contribution in [-0.2, 0) is 14.3 Å². The van der Waals surface area contributed by atoms with Gasteiger partial charge in [-0.15, -0.1) is 0 Å². The zero-order valence-electron chi connectivity index (χ0n) is 13.6. The second-order valence-electron chi connectivity index (χ2n) is 6.02. The minimum atomic E-state index is -0.388. The average Bonchev–Trinajstić information content (AvgIpc) is 2.35. The summed E-state index contributed by atoms with van der Waals surface area (Å²) in [6.45, 7) is 6.10. The third-order valence-electron chi connectivity index (χ3n) is 3.29. The number of carbonyl (C=O) groups excluding carboxylic acids is 2. The summed E-state index contributed by atoms with van der Waals surface area (Å²) in [6, 6.07) is 0. The molecule has 0 aromatic rings. The molecule has 0 spiro atoms. The fourth-order valence-electron chi connectivity index (χ4n) is 2.13. The Morgan fingerprint density at radius 1 is 0.800 bits per heavy atom. The fourth-order valence-corrected chi connectivity index (χ4v) is 2.13. The van der Waals surface area contributed by atoms with E-state index in [1.807, 2.05) is 13.8 Å². The lowest BCUT2D eigenvalue weighted by molar-refractivity contribution is -0.160. The highest BCUT2D eigenvalue weighted by molar-refractivity contribution is 5.85. The quantitative estimate of drug-likeness (QED) is 0.287. The molecule has 0 saturated carbocycles. The van der Waals surface area contributed by atoms with Crippen molar-refractivity contribution in [3.8, 4) is 0 Å². The molecule has 0 radical (unpaired) electrons. The molecule has 20 heavy (non-hydrogen) atoms. The maximum absolute atomic E-state index is 11.4. The van der Waals surface area contributed by atoms with Crippen molar-refractivity contribution in [1.82, 2.24) is 0 Å². The highest BCUT2D eigenvalue weighted by Gasteiger charge is 2.11. The van der Waals surface area contributed by atoms with E-state index in [1.165, 1.54) is 44.9 Å². The first-order chi connectivity index (χ1) is 9.56. The Bertz CT molecular complexity index is 259. The first-order valence-corrected chi connectivity index (χ1v) is 8.29. The topological polar surface area (TPSA) is 43.4 Å². The lowest BCUT2D eigenvalue weighted by atomic mass is 10.1. The number of carbonyl (C=O) groups is 2. The van der Waals surface area contributed by atoms with Gasteiger partial charge in [0.2, 0.25) is 0 Å². The molecular weight excluding hydrogens is 252 g/mol. The Kier molecular flexibility index (Phi) is 12.6. The van der Waals surface area contributed by atoms with Crippen molar-refractivity contribution in [3.05, 3.63) is 0 Å². The van der Waals surface area contributed by atoms with Crippen LogP contribution in [0.5, 0.6) is 0 Å². The highest BCUT2D eigenvalue weighted by Crippen LogP contribution is 2.11. The van der Waals surface area contributed by atoms with E-state index in [9.17, 15) is 9.59 Å². The molecule has 0 unspecified atom stereocenters. The largest absolute Gasteiger partial charge is 0.393 e. The molecule has 3 nitrogen and oxygen atoms in total. The average molecular weight is 284 g/mol. The Morgan fingerprint density at radius 2 is 1.30 bits per heavy atom. The van der Waals surface area contributed by atoms with Gasteiger partial charge in [0.1, 0.15) is 0 Å². The summed E-state index contributed by atoms with van der Waals surface area (Å²) in [7, 11) is 0. The highest BCUT2D eigenvalue weighted by atomic mass is 16.6. The molecule has 0 aliphatic rings. The van der Waals surface area contributed by atoms with Gasteiger partial charge in [-0.05, 0) is 12.3 Å². The third-order valence-corrected chi connectivity index (χ3v) is 3.29. The second kappa shape index (κ2) is 13.1. The summed E-state index contributed by atoms with van der Waals surface area (Å²) in [4.78, 5) is 22.7. The molecule has 3 heteroatoms. The van der Waals surface area contributed by atoms with Crippen molar-refractivity contribution in [2.45, 2.75) is 91.4 Å². The summed E-state index contributed by atoms with van der Waals surface area (Å²) >= 11 is 0. The van der Waals surface area contributed by atoms with E-state index < -0.39 is 0 Å². The van der Waals surface area contributed by atoms with Gasteiger partial charge < -0.3 is 4.74 Å². The van der Waals surface area contributed by atoms with Crippen molar-refractivity contribution in [1.29, 1.82) is 0 Å². The Balaban J connectivity index is 3.33. The van der Waals surface area contributed by atoms with E-state index in [2.05, 4.69) is 6.92 Å². The molecule has 0 saturated heterocycles. The summed E-state index contributed by atoms with van der Waals surface area (Å²) < 4.78 is 4.76. The lowest BCUT2D eigenvalue weighted by Gasteiger charge is -2.05. The molecule has 0 fully saturated rings. The van der Waals surface area contributed by atoms with Gasteiger partial charge in [0.25, 0.3) is 0 Å². The molecule has 0 aromatic heterocycles. The minimum Gasteiger partial charge on any atom is -0.393 e. The molecule has 0 aliphatic carbocycles. The van der Waals surface area contributed by atoms with Crippen LogP contribution in [0, 0.1) is 5.92 Å². The smallest absolute Gasteiger partial charge is 0.313 e. The van der Waals surface area contributed by atoms with Crippen LogP contribution in [0.25, 0.3) is 0 Å². The number of hydrogen-bond acceptors (Lipinski definition) is 3. The standard InChI is InChI=1S/C17H32O3/c1-4-5-6-7-8-9-10-11-12-13-16(18)20-17(19)14-15(2)3/h15H,4-14H2,1-3H3. The molecule has 0 N–H and O–H groups in total. The van der Waals surface area contributed by atoms with Crippen molar-refractivity contribution < 1.29 is 14.3 Å². The van der Waals surface area contributed by atoms with E-state index in [-0.39, 0.29) is 17.9 Å². The van der Waals surface area contributed by atoms with E-state index >= 15 is 0 Å². The van der Waals surface area contributed by atoms with E-state index in [0.29, 0.717) is 12.8 Å². The SMILES string of the molecule is CCCCCCCCCCCC(=O)OC(=O)CC(C)C. The van der Waals surface area contributed by atoms with Crippen LogP contribution in [0.15, 0.2) is 0 Å². The van der Waals surface area contributed by atoms with Crippen LogP contribution in [0.3, 0.4) is 0 Å². The minimum absolute atomic E-state index is 0.239. The molecule has 0 bridgehead atoms. The number of esters is 2. The van der Waals surface area contributed by atoms with Gasteiger partial charge in [0.05, 0.1) is 0 Å². The summed E-state index contributed by atoms with van der Waals surface area (Å²) in [5, 5.41) is 0. The van der Waals surface area contributed by atoms with E-state index in [4.69, 9.17) is 4.74 Å².